The molecule has 2 N–H and O–H groups in total. The van der Waals surface area contributed by atoms with Crippen LogP contribution in [0.2, 0.25) is 0 Å². The Kier molecular flexibility index (Phi) is 7.23. The fourth-order valence-corrected chi connectivity index (χ4v) is 4.45. The van der Waals surface area contributed by atoms with Gasteiger partial charge in [0.25, 0.3) is 0 Å². The summed E-state index contributed by atoms with van der Waals surface area (Å²) in [6.07, 6.45) is 2.28. The van der Waals surface area contributed by atoms with Gasteiger partial charge in [-0.15, -0.1) is 0 Å². The summed E-state index contributed by atoms with van der Waals surface area (Å²) in [6.45, 7) is 4.22. The maximum Gasteiger partial charge on any atom is 0.161 e. The second kappa shape index (κ2) is 10.3. The summed E-state index contributed by atoms with van der Waals surface area (Å²) < 4.78 is 17.5. The van der Waals surface area contributed by atoms with Gasteiger partial charge in [-0.05, 0) is 49.2 Å². The Labute approximate surface area is 178 Å². The third-order valence-electron chi connectivity index (χ3n) is 5.97. The molecule has 1 fully saturated rings. The van der Waals surface area contributed by atoms with Crippen LogP contribution in [-0.4, -0.2) is 62.6 Å². The number of hydrogen-bond acceptors (Lipinski definition) is 6. The van der Waals surface area contributed by atoms with Gasteiger partial charge in [-0.1, -0.05) is 36.4 Å². The number of methoxy groups -OCH3 is 1. The minimum atomic E-state index is -0.181. The van der Waals surface area contributed by atoms with Crippen molar-refractivity contribution >= 4 is 0 Å². The quantitative estimate of drug-likeness (QED) is 0.660. The average molecular weight is 413 g/mol. The van der Waals surface area contributed by atoms with Crippen LogP contribution in [0.3, 0.4) is 0 Å². The zero-order chi connectivity index (χ0) is 20.8. The minimum Gasteiger partial charge on any atom is -0.486 e. The van der Waals surface area contributed by atoms with Crippen molar-refractivity contribution in [2.24, 2.45) is 0 Å². The van der Waals surface area contributed by atoms with Crippen molar-refractivity contribution in [2.45, 2.75) is 31.0 Å². The largest absolute Gasteiger partial charge is 0.486 e. The number of likely N-dealkylation sites (tertiary alicyclic amines) is 1. The van der Waals surface area contributed by atoms with Crippen molar-refractivity contribution in [3.63, 3.8) is 0 Å². The van der Waals surface area contributed by atoms with Gasteiger partial charge in [0.05, 0.1) is 24.8 Å². The lowest BCUT2D eigenvalue weighted by Crippen LogP contribution is -2.46. The predicted octanol–water partition coefficient (Wildman–Crippen LogP) is 2.93. The van der Waals surface area contributed by atoms with Gasteiger partial charge >= 0.3 is 0 Å². The molecule has 2 aliphatic heterocycles. The number of hydrogen-bond donors (Lipinski definition) is 2. The Morgan fingerprint density at radius 2 is 1.73 bits per heavy atom. The molecule has 0 aromatic heterocycles. The molecule has 0 radical (unpaired) electrons. The van der Waals surface area contributed by atoms with E-state index >= 15 is 0 Å². The van der Waals surface area contributed by atoms with Crippen LogP contribution in [0.5, 0.6) is 11.5 Å². The molecule has 0 spiro atoms. The standard InChI is InChI=1S/C24H32N2O4/c1-28-24(19-9-10-22-23(15-19)30-14-13-29-22)20(16-26-11-5-6-12-26)25-21(17-27)18-7-3-2-4-8-18/h2-4,7-10,15,20-21,24-25,27H,5-6,11-14,16-17H2,1H3/t20-,21-,24-/m1/s1. The van der Waals surface area contributed by atoms with E-state index in [1.807, 2.05) is 42.5 Å². The molecule has 1 saturated heterocycles. The van der Waals surface area contributed by atoms with Gasteiger partial charge in [0.15, 0.2) is 11.5 Å². The molecule has 2 heterocycles. The van der Waals surface area contributed by atoms with E-state index in [0.717, 1.165) is 42.3 Å². The van der Waals surface area contributed by atoms with Crippen molar-refractivity contribution in [2.75, 3.05) is 46.6 Å². The smallest absolute Gasteiger partial charge is 0.161 e. The fourth-order valence-electron chi connectivity index (χ4n) is 4.45. The van der Waals surface area contributed by atoms with Crippen LogP contribution in [-0.2, 0) is 4.74 Å². The van der Waals surface area contributed by atoms with Crippen molar-refractivity contribution in [3.8, 4) is 11.5 Å². The summed E-state index contributed by atoms with van der Waals surface area (Å²) in [5.41, 5.74) is 2.12. The molecule has 2 aliphatic rings. The lowest BCUT2D eigenvalue weighted by Gasteiger charge is -2.34. The molecule has 2 aromatic rings. The highest BCUT2D eigenvalue weighted by Crippen LogP contribution is 2.35. The second-order valence-corrected chi connectivity index (χ2v) is 7.99. The van der Waals surface area contributed by atoms with Crippen LogP contribution in [0.15, 0.2) is 48.5 Å². The summed E-state index contributed by atoms with van der Waals surface area (Å²) in [5, 5.41) is 13.8. The number of benzene rings is 2. The van der Waals surface area contributed by atoms with Crippen LogP contribution in [0.4, 0.5) is 0 Å². The molecule has 0 saturated carbocycles. The lowest BCUT2D eigenvalue weighted by atomic mass is 9.98. The van der Waals surface area contributed by atoms with E-state index in [1.54, 1.807) is 7.11 Å². The summed E-state index contributed by atoms with van der Waals surface area (Å²) in [6, 6.07) is 16.0. The van der Waals surface area contributed by atoms with E-state index in [0.29, 0.717) is 13.2 Å². The first-order chi connectivity index (χ1) is 14.8. The first kappa shape index (κ1) is 21.1. The maximum absolute atomic E-state index is 10.1. The van der Waals surface area contributed by atoms with E-state index < -0.39 is 0 Å². The molecule has 0 bridgehead atoms. The Bertz CT molecular complexity index is 795. The highest BCUT2D eigenvalue weighted by atomic mass is 16.6. The van der Waals surface area contributed by atoms with Crippen LogP contribution in [0.25, 0.3) is 0 Å². The molecule has 0 amide bonds. The molecule has 6 heteroatoms. The van der Waals surface area contributed by atoms with E-state index in [2.05, 4.69) is 16.3 Å². The molecular weight excluding hydrogens is 380 g/mol. The monoisotopic (exact) mass is 412 g/mol. The van der Waals surface area contributed by atoms with Gasteiger partial charge in [-0.3, -0.25) is 0 Å². The minimum absolute atomic E-state index is 0.00742. The van der Waals surface area contributed by atoms with Crippen LogP contribution in [0.1, 0.15) is 36.1 Å². The Balaban J connectivity index is 1.59. The number of aliphatic hydroxyl groups excluding tert-OH is 1. The van der Waals surface area contributed by atoms with E-state index in [4.69, 9.17) is 14.2 Å². The van der Waals surface area contributed by atoms with Gasteiger partial charge in [-0.25, -0.2) is 0 Å². The second-order valence-electron chi connectivity index (χ2n) is 7.99. The third-order valence-corrected chi connectivity index (χ3v) is 5.97. The van der Waals surface area contributed by atoms with Gasteiger partial charge < -0.3 is 29.5 Å². The van der Waals surface area contributed by atoms with E-state index in [-0.39, 0.29) is 24.8 Å². The number of rotatable bonds is 9. The maximum atomic E-state index is 10.1. The van der Waals surface area contributed by atoms with Gasteiger partial charge in [-0.2, -0.15) is 0 Å². The molecule has 3 atom stereocenters. The van der Waals surface area contributed by atoms with Crippen molar-refractivity contribution in [1.29, 1.82) is 0 Å². The number of fused-ring (bicyclic) bond motifs is 1. The van der Waals surface area contributed by atoms with Crippen molar-refractivity contribution < 1.29 is 19.3 Å². The predicted molar refractivity (Wildman–Crippen MR) is 116 cm³/mol. The molecule has 4 rings (SSSR count). The Morgan fingerprint density at radius 3 is 2.43 bits per heavy atom. The van der Waals surface area contributed by atoms with E-state index in [1.165, 1.54) is 12.8 Å². The lowest BCUT2D eigenvalue weighted by molar-refractivity contribution is 0.0464. The summed E-state index contributed by atoms with van der Waals surface area (Å²) in [5.74, 6) is 1.55. The average Bonchev–Trinajstić information content (AvgIpc) is 3.31. The summed E-state index contributed by atoms with van der Waals surface area (Å²) in [4.78, 5) is 2.47. The highest BCUT2D eigenvalue weighted by Gasteiger charge is 2.30. The Hall–Kier alpha value is -2.12. The van der Waals surface area contributed by atoms with E-state index in [9.17, 15) is 5.11 Å². The van der Waals surface area contributed by atoms with Gasteiger partial charge in [0.2, 0.25) is 0 Å². The van der Waals surface area contributed by atoms with Crippen LogP contribution >= 0.6 is 0 Å². The number of nitrogens with one attached hydrogen (secondary N) is 1. The number of aliphatic hydroxyl groups is 1. The Morgan fingerprint density at radius 1 is 1.00 bits per heavy atom. The normalized spacial score (nSPS) is 19.4. The zero-order valence-electron chi connectivity index (χ0n) is 17.6. The molecule has 6 nitrogen and oxygen atoms in total. The third kappa shape index (κ3) is 4.95. The number of nitrogens with zero attached hydrogens (tertiary/aromatic N) is 1. The molecule has 162 valence electrons. The van der Waals surface area contributed by atoms with Gasteiger partial charge in [0, 0.05) is 13.7 Å². The van der Waals surface area contributed by atoms with Crippen LogP contribution < -0.4 is 14.8 Å². The molecule has 30 heavy (non-hydrogen) atoms. The number of ether oxygens (including phenoxy) is 3. The van der Waals surface area contributed by atoms with Crippen molar-refractivity contribution in [3.05, 3.63) is 59.7 Å². The molecule has 2 aromatic carbocycles. The summed E-state index contributed by atoms with van der Waals surface area (Å²) >= 11 is 0. The summed E-state index contributed by atoms with van der Waals surface area (Å²) in [7, 11) is 1.75. The molecule has 0 unspecified atom stereocenters. The molecular formula is C24H32N2O4. The first-order valence-corrected chi connectivity index (χ1v) is 10.8. The highest BCUT2D eigenvalue weighted by molar-refractivity contribution is 5.44. The first-order valence-electron chi connectivity index (χ1n) is 10.8. The zero-order valence-corrected chi connectivity index (χ0v) is 17.6. The molecule has 0 aliphatic carbocycles. The van der Waals surface area contributed by atoms with Crippen LogP contribution in [0, 0.1) is 0 Å². The fraction of sp³-hybridized carbons (Fsp3) is 0.500. The topological polar surface area (TPSA) is 63.2 Å². The van der Waals surface area contributed by atoms with Crippen molar-refractivity contribution in [1.82, 2.24) is 10.2 Å². The SMILES string of the molecule is CO[C@H](c1ccc2c(c1)OCCO2)[C@@H](CN1CCCC1)N[C@H](CO)c1ccccc1. The van der Waals surface area contributed by atoms with Gasteiger partial charge in [0.1, 0.15) is 13.2 Å².